The lowest BCUT2D eigenvalue weighted by molar-refractivity contribution is 0.263. The highest BCUT2D eigenvalue weighted by Crippen LogP contribution is 2.30. The smallest absolute Gasteiger partial charge is 0.0467 e. The number of nitrogens with two attached hydrogens (primary N) is 1. The summed E-state index contributed by atoms with van der Waals surface area (Å²) in [5, 5.41) is 0. The van der Waals surface area contributed by atoms with Crippen LogP contribution in [0.3, 0.4) is 0 Å². The Kier molecular flexibility index (Phi) is 3.69. The maximum atomic E-state index is 5.90. The number of likely N-dealkylation sites (N-methyl/N-ethyl adjacent to an activating group) is 2. The fourth-order valence-electron chi connectivity index (χ4n) is 2.58. The molecule has 0 aromatic heterocycles. The van der Waals surface area contributed by atoms with E-state index in [1.807, 2.05) is 0 Å². The molecular weight excluding hydrogens is 210 g/mol. The van der Waals surface area contributed by atoms with Crippen molar-refractivity contribution in [2.75, 3.05) is 38.6 Å². The van der Waals surface area contributed by atoms with E-state index in [0.717, 1.165) is 19.5 Å². The van der Waals surface area contributed by atoms with Gasteiger partial charge in [0.2, 0.25) is 0 Å². The zero-order valence-electron chi connectivity index (χ0n) is 11.1. The monoisotopic (exact) mass is 233 g/mol. The van der Waals surface area contributed by atoms with Crippen LogP contribution in [-0.4, -0.2) is 38.6 Å². The van der Waals surface area contributed by atoms with Gasteiger partial charge in [-0.05, 0) is 37.2 Å². The number of nitrogens with zero attached hydrogens (tertiary/aromatic N) is 2. The van der Waals surface area contributed by atoms with E-state index in [1.54, 1.807) is 0 Å². The molecule has 1 heterocycles. The lowest BCUT2D eigenvalue weighted by Gasteiger charge is -2.26. The standard InChI is InChI=1S/C14H23N3/c1-4-16(2)14(10-15)11-5-6-13-12(9-11)7-8-17(13)3/h5-6,9,14H,4,7-8,10,15H2,1-3H3. The van der Waals surface area contributed by atoms with Crippen LogP contribution in [0, 0.1) is 0 Å². The average molecular weight is 233 g/mol. The van der Waals surface area contributed by atoms with Gasteiger partial charge in [0.05, 0.1) is 0 Å². The third-order valence-electron chi connectivity index (χ3n) is 3.87. The second kappa shape index (κ2) is 5.07. The Hall–Kier alpha value is -1.06. The largest absolute Gasteiger partial charge is 0.374 e. The highest BCUT2D eigenvalue weighted by atomic mass is 15.1. The molecule has 0 spiro atoms. The molecule has 0 amide bonds. The summed E-state index contributed by atoms with van der Waals surface area (Å²) in [6.45, 7) is 5.01. The molecule has 3 nitrogen and oxygen atoms in total. The maximum Gasteiger partial charge on any atom is 0.0467 e. The number of hydrogen-bond acceptors (Lipinski definition) is 3. The molecule has 1 atom stereocenters. The van der Waals surface area contributed by atoms with Crippen molar-refractivity contribution in [1.82, 2.24) is 4.90 Å². The van der Waals surface area contributed by atoms with Crippen molar-refractivity contribution in [3.8, 4) is 0 Å². The van der Waals surface area contributed by atoms with Gasteiger partial charge >= 0.3 is 0 Å². The Morgan fingerprint density at radius 1 is 1.47 bits per heavy atom. The van der Waals surface area contributed by atoms with E-state index in [4.69, 9.17) is 5.73 Å². The summed E-state index contributed by atoms with van der Waals surface area (Å²) >= 11 is 0. The number of hydrogen-bond donors (Lipinski definition) is 1. The molecule has 1 aliphatic heterocycles. The van der Waals surface area contributed by atoms with Crippen LogP contribution in [0.4, 0.5) is 5.69 Å². The van der Waals surface area contributed by atoms with Crippen molar-refractivity contribution in [3.63, 3.8) is 0 Å². The van der Waals surface area contributed by atoms with Gasteiger partial charge in [0.15, 0.2) is 0 Å². The fraction of sp³-hybridized carbons (Fsp3) is 0.571. The molecule has 1 aliphatic rings. The molecule has 1 unspecified atom stereocenters. The van der Waals surface area contributed by atoms with Crippen LogP contribution >= 0.6 is 0 Å². The number of rotatable bonds is 4. The Bertz CT molecular complexity index is 389. The van der Waals surface area contributed by atoms with Crippen molar-refractivity contribution < 1.29 is 0 Å². The molecule has 1 aromatic carbocycles. The molecule has 1 aromatic rings. The molecule has 0 saturated carbocycles. The first-order chi connectivity index (χ1) is 8.17. The zero-order chi connectivity index (χ0) is 12.4. The predicted octanol–water partition coefficient (Wildman–Crippen LogP) is 1.63. The summed E-state index contributed by atoms with van der Waals surface area (Å²) in [5.74, 6) is 0. The fourth-order valence-corrected chi connectivity index (χ4v) is 2.58. The lowest BCUT2D eigenvalue weighted by Crippen LogP contribution is -2.30. The van der Waals surface area contributed by atoms with E-state index in [-0.39, 0.29) is 0 Å². The first-order valence-electron chi connectivity index (χ1n) is 6.41. The molecule has 0 aliphatic carbocycles. The number of benzene rings is 1. The summed E-state index contributed by atoms with van der Waals surface area (Å²) in [6.07, 6.45) is 1.16. The summed E-state index contributed by atoms with van der Waals surface area (Å²) in [5.41, 5.74) is 10.1. The van der Waals surface area contributed by atoms with Gasteiger partial charge in [0.25, 0.3) is 0 Å². The van der Waals surface area contributed by atoms with Crippen LogP contribution in [-0.2, 0) is 6.42 Å². The third kappa shape index (κ3) is 2.31. The van der Waals surface area contributed by atoms with Gasteiger partial charge in [0, 0.05) is 31.9 Å². The molecule has 0 radical (unpaired) electrons. The SMILES string of the molecule is CCN(C)C(CN)c1ccc2c(c1)CCN2C. The van der Waals surface area contributed by atoms with E-state index >= 15 is 0 Å². The Morgan fingerprint density at radius 3 is 2.88 bits per heavy atom. The van der Waals surface area contributed by atoms with Crippen LogP contribution < -0.4 is 10.6 Å². The van der Waals surface area contributed by atoms with Crippen molar-refractivity contribution in [2.45, 2.75) is 19.4 Å². The molecule has 0 saturated heterocycles. The second-order valence-corrected chi connectivity index (χ2v) is 4.88. The molecule has 3 heteroatoms. The molecule has 2 N–H and O–H groups in total. The first-order valence-corrected chi connectivity index (χ1v) is 6.41. The Labute approximate surface area is 104 Å². The van der Waals surface area contributed by atoms with E-state index in [1.165, 1.54) is 16.8 Å². The van der Waals surface area contributed by atoms with E-state index in [2.05, 4.69) is 49.0 Å². The van der Waals surface area contributed by atoms with Crippen molar-refractivity contribution >= 4 is 5.69 Å². The average Bonchev–Trinajstić information content (AvgIpc) is 2.71. The molecule has 94 valence electrons. The van der Waals surface area contributed by atoms with Gasteiger partial charge in [-0.2, -0.15) is 0 Å². The van der Waals surface area contributed by atoms with Crippen LogP contribution in [0.5, 0.6) is 0 Å². The van der Waals surface area contributed by atoms with E-state index < -0.39 is 0 Å². The minimum Gasteiger partial charge on any atom is -0.374 e. The number of anilines is 1. The van der Waals surface area contributed by atoms with E-state index in [9.17, 15) is 0 Å². The molecular formula is C14H23N3. The summed E-state index contributed by atoms with van der Waals surface area (Å²) in [6, 6.07) is 7.15. The minimum absolute atomic E-state index is 0.344. The summed E-state index contributed by atoms with van der Waals surface area (Å²) < 4.78 is 0. The third-order valence-corrected chi connectivity index (χ3v) is 3.87. The Balaban J connectivity index is 2.28. The van der Waals surface area contributed by atoms with Crippen LogP contribution in [0.25, 0.3) is 0 Å². The first kappa shape index (κ1) is 12.4. The Morgan fingerprint density at radius 2 is 2.24 bits per heavy atom. The normalized spacial score (nSPS) is 16.4. The van der Waals surface area contributed by atoms with Crippen LogP contribution in [0.1, 0.15) is 24.1 Å². The van der Waals surface area contributed by atoms with E-state index in [0.29, 0.717) is 12.6 Å². The highest BCUT2D eigenvalue weighted by Gasteiger charge is 2.19. The van der Waals surface area contributed by atoms with Crippen molar-refractivity contribution in [1.29, 1.82) is 0 Å². The van der Waals surface area contributed by atoms with Crippen molar-refractivity contribution in [2.24, 2.45) is 5.73 Å². The maximum absolute atomic E-state index is 5.90. The minimum atomic E-state index is 0.344. The quantitative estimate of drug-likeness (QED) is 0.858. The topological polar surface area (TPSA) is 32.5 Å². The zero-order valence-corrected chi connectivity index (χ0v) is 11.1. The highest BCUT2D eigenvalue weighted by molar-refractivity contribution is 5.58. The molecule has 0 bridgehead atoms. The van der Waals surface area contributed by atoms with Gasteiger partial charge in [-0.25, -0.2) is 0 Å². The predicted molar refractivity (Wildman–Crippen MR) is 73.5 cm³/mol. The van der Waals surface area contributed by atoms with Gasteiger partial charge in [0.1, 0.15) is 0 Å². The lowest BCUT2D eigenvalue weighted by atomic mass is 10.0. The van der Waals surface area contributed by atoms with Crippen LogP contribution in [0.15, 0.2) is 18.2 Å². The summed E-state index contributed by atoms with van der Waals surface area (Å²) in [4.78, 5) is 4.63. The van der Waals surface area contributed by atoms with Crippen molar-refractivity contribution in [3.05, 3.63) is 29.3 Å². The molecule has 2 rings (SSSR count). The molecule has 17 heavy (non-hydrogen) atoms. The van der Waals surface area contributed by atoms with Gasteiger partial charge in [-0.1, -0.05) is 19.1 Å². The van der Waals surface area contributed by atoms with Gasteiger partial charge < -0.3 is 10.6 Å². The second-order valence-electron chi connectivity index (χ2n) is 4.88. The number of fused-ring (bicyclic) bond motifs is 1. The summed E-state index contributed by atoms with van der Waals surface area (Å²) in [7, 11) is 4.29. The van der Waals surface area contributed by atoms with Crippen LogP contribution in [0.2, 0.25) is 0 Å². The molecule has 0 fully saturated rings. The van der Waals surface area contributed by atoms with Gasteiger partial charge in [-0.3, -0.25) is 4.90 Å². The van der Waals surface area contributed by atoms with Gasteiger partial charge in [-0.15, -0.1) is 0 Å².